The van der Waals surface area contributed by atoms with E-state index in [1.54, 1.807) is 4.90 Å². The number of unbranched alkanes of at least 4 members (excludes halogenated alkanes) is 15. The maximum Gasteiger partial charge on any atom is 0.222 e. The van der Waals surface area contributed by atoms with Crippen molar-refractivity contribution in [2.45, 2.75) is 149 Å². The summed E-state index contributed by atoms with van der Waals surface area (Å²) >= 11 is 0. The molecule has 212 valence electrons. The SMILES string of the molecule is CCCCC/C=C\C/C=C\CCCCCCCCOCC(CCCCCCCCC)CC(=O)N(C)C. The third-order valence-electron chi connectivity index (χ3n) is 7.02. The molecule has 0 fully saturated rings. The molecule has 0 bridgehead atoms. The van der Waals surface area contributed by atoms with E-state index in [0.717, 1.165) is 32.5 Å². The van der Waals surface area contributed by atoms with Gasteiger partial charge in [-0.05, 0) is 50.9 Å². The van der Waals surface area contributed by atoms with Gasteiger partial charge in [-0.1, -0.05) is 122 Å². The number of ether oxygens (including phenoxy) is 1. The molecular weight excluding hydrogens is 442 g/mol. The molecular formula is C33H63NO2. The molecule has 0 aliphatic carbocycles. The number of carbonyl (C=O) groups excluding carboxylic acids is 1. The molecule has 36 heavy (non-hydrogen) atoms. The van der Waals surface area contributed by atoms with Gasteiger partial charge < -0.3 is 9.64 Å². The van der Waals surface area contributed by atoms with Crippen molar-refractivity contribution in [3.63, 3.8) is 0 Å². The largest absolute Gasteiger partial charge is 0.381 e. The monoisotopic (exact) mass is 505 g/mol. The third kappa shape index (κ3) is 26.0. The van der Waals surface area contributed by atoms with Gasteiger partial charge in [0.25, 0.3) is 0 Å². The summed E-state index contributed by atoms with van der Waals surface area (Å²) in [6.45, 7) is 6.12. The lowest BCUT2D eigenvalue weighted by Gasteiger charge is -2.19. The average Bonchev–Trinajstić information content (AvgIpc) is 2.87. The fraction of sp³-hybridized carbons (Fsp3) is 0.848. The Bertz CT molecular complexity index is 512. The second kappa shape index (κ2) is 28.5. The van der Waals surface area contributed by atoms with Gasteiger partial charge >= 0.3 is 0 Å². The maximum absolute atomic E-state index is 12.2. The minimum Gasteiger partial charge on any atom is -0.381 e. The lowest BCUT2D eigenvalue weighted by atomic mass is 9.97. The summed E-state index contributed by atoms with van der Waals surface area (Å²) in [6, 6.07) is 0. The van der Waals surface area contributed by atoms with Gasteiger partial charge in [0.2, 0.25) is 5.91 Å². The Morgan fingerprint density at radius 3 is 1.78 bits per heavy atom. The van der Waals surface area contributed by atoms with Crippen LogP contribution in [-0.4, -0.2) is 38.1 Å². The number of carbonyl (C=O) groups is 1. The van der Waals surface area contributed by atoms with E-state index in [9.17, 15) is 4.79 Å². The normalized spacial score (nSPS) is 12.7. The van der Waals surface area contributed by atoms with Crippen molar-refractivity contribution in [1.82, 2.24) is 4.90 Å². The second-order valence-corrected chi connectivity index (χ2v) is 10.9. The van der Waals surface area contributed by atoms with Crippen LogP contribution in [0.15, 0.2) is 24.3 Å². The van der Waals surface area contributed by atoms with Crippen LogP contribution in [0.3, 0.4) is 0 Å². The van der Waals surface area contributed by atoms with Gasteiger partial charge in [-0.25, -0.2) is 0 Å². The lowest BCUT2D eigenvalue weighted by Crippen LogP contribution is -2.26. The van der Waals surface area contributed by atoms with E-state index < -0.39 is 0 Å². The molecule has 3 heteroatoms. The van der Waals surface area contributed by atoms with E-state index in [0.29, 0.717) is 12.3 Å². The molecule has 0 heterocycles. The van der Waals surface area contributed by atoms with Crippen molar-refractivity contribution in [3.8, 4) is 0 Å². The van der Waals surface area contributed by atoms with Crippen LogP contribution in [0.2, 0.25) is 0 Å². The Balaban J connectivity index is 3.71. The van der Waals surface area contributed by atoms with Crippen LogP contribution < -0.4 is 0 Å². The Hall–Kier alpha value is -1.09. The summed E-state index contributed by atoms with van der Waals surface area (Å²) in [4.78, 5) is 13.9. The molecule has 0 saturated carbocycles. The molecule has 1 atom stereocenters. The number of allylic oxidation sites excluding steroid dienone is 4. The van der Waals surface area contributed by atoms with E-state index in [4.69, 9.17) is 4.74 Å². The van der Waals surface area contributed by atoms with Gasteiger partial charge in [-0.15, -0.1) is 0 Å². The second-order valence-electron chi connectivity index (χ2n) is 10.9. The number of amides is 1. The zero-order chi connectivity index (χ0) is 26.5. The molecule has 1 amide bonds. The highest BCUT2D eigenvalue weighted by atomic mass is 16.5. The predicted octanol–water partition coefficient (Wildman–Crippen LogP) is 10.1. The summed E-state index contributed by atoms with van der Waals surface area (Å²) in [5.41, 5.74) is 0. The third-order valence-corrected chi connectivity index (χ3v) is 7.02. The van der Waals surface area contributed by atoms with Gasteiger partial charge in [-0.2, -0.15) is 0 Å². The molecule has 0 spiro atoms. The zero-order valence-electron chi connectivity index (χ0n) is 24.9. The lowest BCUT2D eigenvalue weighted by molar-refractivity contribution is -0.130. The summed E-state index contributed by atoms with van der Waals surface area (Å²) in [5, 5.41) is 0. The summed E-state index contributed by atoms with van der Waals surface area (Å²) in [7, 11) is 3.72. The Morgan fingerprint density at radius 2 is 1.17 bits per heavy atom. The summed E-state index contributed by atoms with van der Waals surface area (Å²) in [6.07, 6.45) is 35.6. The molecule has 1 unspecified atom stereocenters. The molecule has 0 aromatic carbocycles. The van der Waals surface area contributed by atoms with E-state index in [1.165, 1.54) is 109 Å². The fourth-order valence-electron chi connectivity index (χ4n) is 4.51. The molecule has 0 aromatic rings. The van der Waals surface area contributed by atoms with E-state index >= 15 is 0 Å². The number of hydrogen-bond donors (Lipinski definition) is 0. The standard InChI is InChI=1S/C33H63NO2/c1-5-7-9-11-13-14-15-16-17-18-19-20-21-23-25-27-29-36-31-32(30-33(35)34(3)4)28-26-24-22-12-10-8-6-2/h13-14,16-17,32H,5-12,15,18-31H2,1-4H3/b14-13-,17-16-. The molecule has 0 aliphatic rings. The summed E-state index contributed by atoms with van der Waals surface area (Å²) in [5.74, 6) is 0.611. The number of hydrogen-bond acceptors (Lipinski definition) is 2. The predicted molar refractivity (Wildman–Crippen MR) is 160 cm³/mol. The number of nitrogens with zero attached hydrogens (tertiary/aromatic N) is 1. The van der Waals surface area contributed by atoms with Crippen LogP contribution in [0.4, 0.5) is 0 Å². The molecule has 0 saturated heterocycles. The molecule has 0 aliphatic heterocycles. The van der Waals surface area contributed by atoms with E-state index in [-0.39, 0.29) is 5.91 Å². The molecule has 0 aromatic heterocycles. The van der Waals surface area contributed by atoms with Crippen LogP contribution in [-0.2, 0) is 9.53 Å². The van der Waals surface area contributed by atoms with Crippen molar-refractivity contribution >= 4 is 5.91 Å². The van der Waals surface area contributed by atoms with Crippen molar-refractivity contribution in [3.05, 3.63) is 24.3 Å². The smallest absolute Gasteiger partial charge is 0.222 e. The van der Waals surface area contributed by atoms with Gasteiger partial charge in [-0.3, -0.25) is 4.79 Å². The van der Waals surface area contributed by atoms with E-state index in [2.05, 4.69) is 38.2 Å². The van der Waals surface area contributed by atoms with Gasteiger partial charge in [0.1, 0.15) is 0 Å². The molecule has 0 rings (SSSR count). The van der Waals surface area contributed by atoms with Crippen LogP contribution in [0.25, 0.3) is 0 Å². The highest BCUT2D eigenvalue weighted by molar-refractivity contribution is 5.75. The van der Waals surface area contributed by atoms with Crippen LogP contribution in [0.1, 0.15) is 149 Å². The topological polar surface area (TPSA) is 29.5 Å². The Kier molecular flexibility index (Phi) is 27.6. The van der Waals surface area contributed by atoms with Crippen molar-refractivity contribution in [2.24, 2.45) is 5.92 Å². The van der Waals surface area contributed by atoms with Crippen LogP contribution in [0.5, 0.6) is 0 Å². The minimum absolute atomic E-state index is 0.236. The minimum atomic E-state index is 0.236. The first-order chi connectivity index (χ1) is 17.6. The number of rotatable bonds is 27. The van der Waals surface area contributed by atoms with Gasteiger partial charge in [0.05, 0.1) is 0 Å². The Labute approximate surface area is 226 Å². The average molecular weight is 506 g/mol. The summed E-state index contributed by atoms with van der Waals surface area (Å²) < 4.78 is 6.02. The van der Waals surface area contributed by atoms with Gasteiger partial charge in [0.15, 0.2) is 0 Å². The van der Waals surface area contributed by atoms with Crippen molar-refractivity contribution in [2.75, 3.05) is 27.3 Å². The van der Waals surface area contributed by atoms with Crippen LogP contribution >= 0.6 is 0 Å². The quantitative estimate of drug-likeness (QED) is 0.0820. The molecule has 0 N–H and O–H groups in total. The van der Waals surface area contributed by atoms with Crippen molar-refractivity contribution in [1.29, 1.82) is 0 Å². The molecule has 3 nitrogen and oxygen atoms in total. The first-order valence-electron chi connectivity index (χ1n) is 15.7. The highest BCUT2D eigenvalue weighted by Gasteiger charge is 2.15. The first-order valence-corrected chi connectivity index (χ1v) is 15.7. The maximum atomic E-state index is 12.2. The zero-order valence-corrected chi connectivity index (χ0v) is 24.9. The van der Waals surface area contributed by atoms with E-state index in [1.807, 2.05) is 14.1 Å². The first kappa shape index (κ1) is 34.9. The Morgan fingerprint density at radius 1 is 0.667 bits per heavy atom. The fourth-order valence-corrected chi connectivity index (χ4v) is 4.51. The van der Waals surface area contributed by atoms with Gasteiger partial charge in [0, 0.05) is 33.7 Å². The highest BCUT2D eigenvalue weighted by Crippen LogP contribution is 2.17. The molecule has 0 radical (unpaired) electrons. The van der Waals surface area contributed by atoms with Crippen LogP contribution in [0, 0.1) is 5.92 Å². The van der Waals surface area contributed by atoms with Crippen molar-refractivity contribution < 1.29 is 9.53 Å².